The molecule has 2 aromatic heterocycles. The molecular formula is C22H25N5OS. The number of anilines is 1. The van der Waals surface area contributed by atoms with Gasteiger partial charge in [-0.25, -0.2) is 0 Å². The number of hydrogen-bond donors (Lipinski definition) is 1. The van der Waals surface area contributed by atoms with Crippen molar-refractivity contribution in [2.75, 3.05) is 5.32 Å². The van der Waals surface area contributed by atoms with Gasteiger partial charge in [-0.15, -0.1) is 10.2 Å². The molecular weight excluding hydrogens is 382 g/mol. The Morgan fingerprint density at radius 3 is 2.62 bits per heavy atom. The van der Waals surface area contributed by atoms with Crippen LogP contribution in [0.5, 0.6) is 0 Å². The van der Waals surface area contributed by atoms with Gasteiger partial charge in [-0.05, 0) is 49.4 Å². The van der Waals surface area contributed by atoms with Gasteiger partial charge in [0.2, 0.25) is 5.91 Å². The molecule has 0 bridgehead atoms. The van der Waals surface area contributed by atoms with Crippen LogP contribution in [-0.2, 0) is 4.79 Å². The minimum absolute atomic E-state index is 0.0311. The smallest absolute Gasteiger partial charge is 0.237 e. The predicted octanol–water partition coefficient (Wildman–Crippen LogP) is 4.92. The van der Waals surface area contributed by atoms with Crippen LogP contribution in [0.3, 0.4) is 0 Å². The Kier molecular flexibility index (Phi) is 5.67. The molecule has 0 aliphatic heterocycles. The molecule has 29 heavy (non-hydrogen) atoms. The molecule has 1 aliphatic rings. The molecule has 0 saturated heterocycles. The number of hydrogen-bond acceptors (Lipinski definition) is 5. The van der Waals surface area contributed by atoms with Gasteiger partial charge in [0.15, 0.2) is 11.0 Å². The molecule has 3 aromatic rings. The normalized spacial score (nSPS) is 14.8. The number of nitrogens with zero attached hydrogens (tertiary/aromatic N) is 4. The molecule has 4 rings (SSSR count). The van der Waals surface area contributed by atoms with Crippen LogP contribution in [0.2, 0.25) is 0 Å². The van der Waals surface area contributed by atoms with Gasteiger partial charge < -0.3 is 5.32 Å². The highest BCUT2D eigenvalue weighted by Crippen LogP contribution is 2.41. The Balaban J connectivity index is 1.52. The van der Waals surface area contributed by atoms with Gasteiger partial charge in [-0.1, -0.05) is 43.8 Å². The van der Waals surface area contributed by atoms with Crippen molar-refractivity contribution < 1.29 is 4.79 Å². The summed E-state index contributed by atoms with van der Waals surface area (Å²) in [5.41, 5.74) is 2.96. The molecule has 1 unspecified atom stereocenters. The minimum Gasteiger partial charge on any atom is -0.325 e. The third-order valence-electron chi connectivity index (χ3n) is 4.99. The van der Waals surface area contributed by atoms with E-state index in [2.05, 4.69) is 45.0 Å². The summed E-state index contributed by atoms with van der Waals surface area (Å²) in [6, 6.07) is 12.3. The molecule has 150 valence electrons. The molecule has 1 saturated carbocycles. The molecule has 0 radical (unpaired) electrons. The van der Waals surface area contributed by atoms with Gasteiger partial charge in [0.25, 0.3) is 0 Å². The number of carbonyl (C=O) groups is 1. The number of rotatable bonds is 7. The van der Waals surface area contributed by atoms with E-state index >= 15 is 0 Å². The summed E-state index contributed by atoms with van der Waals surface area (Å²) >= 11 is 1.45. The first-order valence-corrected chi connectivity index (χ1v) is 10.8. The van der Waals surface area contributed by atoms with Crippen molar-refractivity contribution >= 4 is 23.4 Å². The van der Waals surface area contributed by atoms with E-state index in [1.54, 1.807) is 12.4 Å². The van der Waals surface area contributed by atoms with Gasteiger partial charge >= 0.3 is 0 Å². The van der Waals surface area contributed by atoms with Crippen molar-refractivity contribution in [2.45, 2.75) is 56.0 Å². The first kappa shape index (κ1) is 19.6. The zero-order chi connectivity index (χ0) is 20.4. The van der Waals surface area contributed by atoms with Gasteiger partial charge in [-0.2, -0.15) is 0 Å². The van der Waals surface area contributed by atoms with E-state index in [-0.39, 0.29) is 11.2 Å². The van der Waals surface area contributed by atoms with E-state index in [9.17, 15) is 4.79 Å². The van der Waals surface area contributed by atoms with Gasteiger partial charge in [0.1, 0.15) is 0 Å². The van der Waals surface area contributed by atoms with Crippen molar-refractivity contribution in [3.8, 4) is 11.4 Å². The fourth-order valence-electron chi connectivity index (χ4n) is 3.27. The van der Waals surface area contributed by atoms with Gasteiger partial charge in [0.05, 0.1) is 5.25 Å². The van der Waals surface area contributed by atoms with E-state index < -0.39 is 0 Å². The summed E-state index contributed by atoms with van der Waals surface area (Å²) in [6.07, 6.45) is 5.77. The monoisotopic (exact) mass is 407 g/mol. The van der Waals surface area contributed by atoms with E-state index in [0.29, 0.717) is 12.0 Å². The Hall–Kier alpha value is -2.67. The molecule has 1 fully saturated rings. The fourth-order valence-corrected chi connectivity index (χ4v) is 4.19. The number of pyridine rings is 1. The number of benzene rings is 1. The van der Waals surface area contributed by atoms with Gasteiger partial charge in [0, 0.05) is 29.7 Å². The Morgan fingerprint density at radius 1 is 1.14 bits per heavy atom. The van der Waals surface area contributed by atoms with Crippen LogP contribution in [0, 0.1) is 0 Å². The van der Waals surface area contributed by atoms with E-state index in [1.807, 2.05) is 37.3 Å². The summed E-state index contributed by atoms with van der Waals surface area (Å²) in [5.74, 6) is 1.13. The summed E-state index contributed by atoms with van der Waals surface area (Å²) in [7, 11) is 0. The lowest BCUT2D eigenvalue weighted by Crippen LogP contribution is -2.23. The lowest BCUT2D eigenvalue weighted by molar-refractivity contribution is -0.115. The number of carbonyl (C=O) groups excluding carboxylic acids is 1. The lowest BCUT2D eigenvalue weighted by Gasteiger charge is -2.16. The van der Waals surface area contributed by atoms with Crippen molar-refractivity contribution in [3.63, 3.8) is 0 Å². The maximum absolute atomic E-state index is 12.9. The number of thioether (sulfide) groups is 1. The van der Waals surface area contributed by atoms with Crippen molar-refractivity contribution in [1.82, 2.24) is 19.7 Å². The Bertz CT molecular complexity index is 997. The summed E-state index contributed by atoms with van der Waals surface area (Å²) in [6.45, 7) is 6.16. The second kappa shape index (κ2) is 8.37. The minimum atomic E-state index is -0.293. The van der Waals surface area contributed by atoms with Crippen LogP contribution >= 0.6 is 11.8 Å². The number of aromatic nitrogens is 4. The van der Waals surface area contributed by atoms with Crippen LogP contribution < -0.4 is 5.32 Å². The first-order chi connectivity index (χ1) is 14.0. The quantitative estimate of drug-likeness (QED) is 0.563. The molecule has 1 amide bonds. The predicted molar refractivity (Wildman–Crippen MR) is 116 cm³/mol. The van der Waals surface area contributed by atoms with E-state index in [4.69, 9.17) is 0 Å². The van der Waals surface area contributed by atoms with Crippen molar-refractivity contribution in [1.29, 1.82) is 0 Å². The zero-order valence-electron chi connectivity index (χ0n) is 16.9. The average molecular weight is 408 g/mol. The summed E-state index contributed by atoms with van der Waals surface area (Å²) in [5, 5.41) is 12.4. The lowest BCUT2D eigenvalue weighted by atomic mass is 10.0. The molecule has 6 nitrogen and oxygen atoms in total. The first-order valence-electron chi connectivity index (χ1n) is 9.96. The maximum atomic E-state index is 12.9. The number of para-hydroxylation sites is 1. The van der Waals surface area contributed by atoms with Gasteiger partial charge in [-0.3, -0.25) is 14.3 Å². The van der Waals surface area contributed by atoms with E-state index in [1.165, 1.54) is 11.8 Å². The third kappa shape index (κ3) is 4.34. The molecule has 1 aromatic carbocycles. The maximum Gasteiger partial charge on any atom is 0.237 e. The molecule has 0 spiro atoms. The summed E-state index contributed by atoms with van der Waals surface area (Å²) < 4.78 is 2.16. The topological polar surface area (TPSA) is 72.7 Å². The Labute approximate surface area is 175 Å². The standard InChI is InChI=1S/C22H25N5OS/c1-14(2)18-8-4-5-9-19(18)24-21(28)15(3)29-22-26-25-20(27(22)17-10-11-17)16-7-6-12-23-13-16/h4-9,12-15,17H,10-11H2,1-3H3,(H,24,28). The second-order valence-corrected chi connectivity index (χ2v) is 8.95. The number of amides is 1. The van der Waals surface area contributed by atoms with Crippen molar-refractivity contribution in [2.24, 2.45) is 0 Å². The highest BCUT2D eigenvalue weighted by molar-refractivity contribution is 8.00. The highest BCUT2D eigenvalue weighted by atomic mass is 32.2. The average Bonchev–Trinajstić information content (AvgIpc) is 3.48. The zero-order valence-corrected chi connectivity index (χ0v) is 17.7. The Morgan fingerprint density at radius 2 is 1.93 bits per heavy atom. The molecule has 1 atom stereocenters. The van der Waals surface area contributed by atoms with Crippen LogP contribution in [0.25, 0.3) is 11.4 Å². The van der Waals surface area contributed by atoms with Crippen LogP contribution in [0.4, 0.5) is 5.69 Å². The van der Waals surface area contributed by atoms with Crippen molar-refractivity contribution in [3.05, 3.63) is 54.4 Å². The molecule has 2 heterocycles. The fraction of sp³-hybridized carbons (Fsp3) is 0.364. The SMILES string of the molecule is CC(Sc1nnc(-c2cccnc2)n1C1CC1)C(=O)Nc1ccccc1C(C)C. The molecule has 1 aliphatic carbocycles. The summed E-state index contributed by atoms with van der Waals surface area (Å²) in [4.78, 5) is 17.1. The van der Waals surface area contributed by atoms with Crippen LogP contribution in [0.1, 0.15) is 51.1 Å². The van der Waals surface area contributed by atoms with E-state index in [0.717, 1.165) is 40.6 Å². The largest absolute Gasteiger partial charge is 0.325 e. The van der Waals surface area contributed by atoms with Crippen LogP contribution in [0.15, 0.2) is 53.9 Å². The third-order valence-corrected chi connectivity index (χ3v) is 6.05. The molecule has 7 heteroatoms. The number of nitrogens with one attached hydrogen (secondary N) is 1. The highest BCUT2D eigenvalue weighted by Gasteiger charge is 2.31. The second-order valence-electron chi connectivity index (χ2n) is 7.64. The molecule has 1 N–H and O–H groups in total. The van der Waals surface area contributed by atoms with Crippen LogP contribution in [-0.4, -0.2) is 30.9 Å².